The topological polar surface area (TPSA) is 128 Å². The summed E-state index contributed by atoms with van der Waals surface area (Å²) in [5, 5.41) is 5.76. The summed E-state index contributed by atoms with van der Waals surface area (Å²) in [4.78, 5) is 32.2. The van der Waals surface area contributed by atoms with Crippen LogP contribution in [0.1, 0.15) is 15.9 Å². The van der Waals surface area contributed by atoms with Gasteiger partial charge in [0, 0.05) is 31.5 Å². The maximum Gasteiger partial charge on any atom is 0.255 e. The van der Waals surface area contributed by atoms with E-state index in [1.165, 1.54) is 18.7 Å². The molecule has 3 rings (SSSR count). The van der Waals surface area contributed by atoms with Crippen LogP contribution in [0.2, 0.25) is 5.02 Å². The summed E-state index contributed by atoms with van der Waals surface area (Å²) in [5.41, 5.74) is 6.73. The van der Waals surface area contributed by atoms with Crippen molar-refractivity contribution in [1.29, 1.82) is 0 Å². The Labute approximate surface area is 189 Å². The molecule has 1 atom stereocenters. The van der Waals surface area contributed by atoms with Crippen molar-refractivity contribution in [3.63, 3.8) is 0 Å². The Morgan fingerprint density at radius 2 is 1.78 bits per heavy atom. The molecule has 32 heavy (non-hydrogen) atoms. The van der Waals surface area contributed by atoms with Crippen molar-refractivity contribution in [3.8, 4) is 17.2 Å². The number of nitrogens with one attached hydrogen (secondary N) is 2. The molecular formula is C22H22ClN5O4. The second-order valence-electron chi connectivity index (χ2n) is 6.65. The predicted octanol–water partition coefficient (Wildman–Crippen LogP) is 2.30. The Bertz CT molecular complexity index is 1060. The third-order valence-corrected chi connectivity index (χ3v) is 4.73. The van der Waals surface area contributed by atoms with Gasteiger partial charge in [-0.05, 0) is 29.8 Å². The number of hydrogen-bond acceptors (Lipinski definition) is 7. The third kappa shape index (κ3) is 6.16. The van der Waals surface area contributed by atoms with Crippen molar-refractivity contribution in [3.05, 3.63) is 77.3 Å². The van der Waals surface area contributed by atoms with E-state index in [9.17, 15) is 9.59 Å². The number of nitrogens with two attached hydrogens (primary N) is 1. The molecule has 0 aliphatic heterocycles. The normalized spacial score (nSPS) is 11.3. The van der Waals surface area contributed by atoms with Gasteiger partial charge in [-0.2, -0.15) is 0 Å². The first-order valence-corrected chi connectivity index (χ1v) is 10.0. The molecule has 3 aromatic rings. The summed E-state index contributed by atoms with van der Waals surface area (Å²) >= 11 is 6.19. The van der Waals surface area contributed by atoms with Crippen molar-refractivity contribution >= 4 is 23.4 Å². The Morgan fingerprint density at radius 1 is 1.09 bits per heavy atom. The number of halogens is 1. The highest BCUT2D eigenvalue weighted by atomic mass is 35.5. The summed E-state index contributed by atoms with van der Waals surface area (Å²) in [7, 11) is 1.56. The van der Waals surface area contributed by atoms with Gasteiger partial charge in [0.05, 0.1) is 17.7 Å². The fourth-order valence-electron chi connectivity index (χ4n) is 2.70. The Balaban J connectivity index is 1.53. The van der Waals surface area contributed by atoms with Gasteiger partial charge in [0.2, 0.25) is 5.91 Å². The van der Waals surface area contributed by atoms with Gasteiger partial charge < -0.3 is 25.8 Å². The molecule has 1 aromatic heterocycles. The number of aromatic nitrogens is 2. The van der Waals surface area contributed by atoms with Crippen LogP contribution in [0.15, 0.2) is 61.2 Å². The van der Waals surface area contributed by atoms with Crippen LogP contribution in [-0.4, -0.2) is 41.5 Å². The minimum absolute atomic E-state index is 0.0549. The van der Waals surface area contributed by atoms with E-state index in [4.69, 9.17) is 26.8 Å². The lowest BCUT2D eigenvalue weighted by atomic mass is 10.2. The highest BCUT2D eigenvalue weighted by Crippen LogP contribution is 2.32. The standard InChI is InChI=1S/C22H22ClN5O4/c1-31-17-6-7-20(18(23)8-17)32-16-4-2-14(3-5-16)10-27-22(30)19(9-24)28-21(29)15-11-25-13-26-12-15/h2-8,11-13,19H,9-10,24H2,1H3,(H,27,30)(H,28,29). The van der Waals surface area contributed by atoms with Crippen molar-refractivity contribution < 1.29 is 19.1 Å². The largest absolute Gasteiger partial charge is 0.497 e. The van der Waals surface area contributed by atoms with E-state index in [0.29, 0.717) is 22.3 Å². The van der Waals surface area contributed by atoms with E-state index in [1.54, 1.807) is 37.4 Å². The number of methoxy groups -OCH3 is 1. The molecule has 0 aliphatic carbocycles. The SMILES string of the molecule is COc1ccc(Oc2ccc(CNC(=O)C(CN)NC(=O)c3cncnc3)cc2)c(Cl)c1. The smallest absolute Gasteiger partial charge is 0.255 e. The molecule has 9 nitrogen and oxygen atoms in total. The molecule has 1 unspecified atom stereocenters. The van der Waals surface area contributed by atoms with Gasteiger partial charge >= 0.3 is 0 Å². The summed E-state index contributed by atoms with van der Waals surface area (Å²) < 4.78 is 10.9. The lowest BCUT2D eigenvalue weighted by Gasteiger charge is -2.16. The van der Waals surface area contributed by atoms with E-state index in [1.807, 2.05) is 12.1 Å². The number of hydrogen-bond donors (Lipinski definition) is 3. The van der Waals surface area contributed by atoms with Crippen molar-refractivity contribution in [2.24, 2.45) is 5.73 Å². The minimum atomic E-state index is -0.887. The molecule has 0 saturated heterocycles. The molecule has 10 heteroatoms. The highest BCUT2D eigenvalue weighted by molar-refractivity contribution is 6.32. The number of benzene rings is 2. The van der Waals surface area contributed by atoms with Crippen LogP contribution in [0, 0.1) is 0 Å². The van der Waals surface area contributed by atoms with Crippen LogP contribution in [0.4, 0.5) is 0 Å². The lowest BCUT2D eigenvalue weighted by Crippen LogP contribution is -2.50. The number of amides is 2. The molecular weight excluding hydrogens is 434 g/mol. The molecule has 0 radical (unpaired) electrons. The number of carbonyl (C=O) groups is 2. The van der Waals surface area contributed by atoms with Crippen LogP contribution in [0.3, 0.4) is 0 Å². The van der Waals surface area contributed by atoms with Gasteiger partial charge in [0.1, 0.15) is 29.6 Å². The maximum absolute atomic E-state index is 12.4. The van der Waals surface area contributed by atoms with Gasteiger partial charge in [-0.25, -0.2) is 9.97 Å². The molecule has 0 fully saturated rings. The van der Waals surface area contributed by atoms with Crippen LogP contribution < -0.4 is 25.8 Å². The molecule has 166 valence electrons. The Hall–Kier alpha value is -3.69. The van der Waals surface area contributed by atoms with Crippen molar-refractivity contribution in [2.45, 2.75) is 12.6 Å². The van der Waals surface area contributed by atoms with Crippen LogP contribution in [0.25, 0.3) is 0 Å². The van der Waals surface area contributed by atoms with Gasteiger partial charge in [-0.1, -0.05) is 23.7 Å². The van der Waals surface area contributed by atoms with Gasteiger partial charge in [0.25, 0.3) is 5.91 Å². The monoisotopic (exact) mass is 455 g/mol. The zero-order chi connectivity index (χ0) is 22.9. The molecule has 2 amide bonds. The van der Waals surface area contributed by atoms with E-state index in [2.05, 4.69) is 20.6 Å². The first kappa shape index (κ1) is 23.0. The van der Waals surface area contributed by atoms with Crippen molar-refractivity contribution in [2.75, 3.05) is 13.7 Å². The van der Waals surface area contributed by atoms with Crippen LogP contribution in [0.5, 0.6) is 17.2 Å². The third-order valence-electron chi connectivity index (χ3n) is 4.44. The molecule has 2 aromatic carbocycles. The Kier molecular flexibility index (Phi) is 7.96. The quantitative estimate of drug-likeness (QED) is 0.451. The number of nitrogens with zero attached hydrogens (tertiary/aromatic N) is 2. The first-order valence-electron chi connectivity index (χ1n) is 9.64. The summed E-state index contributed by atoms with van der Waals surface area (Å²) in [6, 6.07) is 11.4. The summed E-state index contributed by atoms with van der Waals surface area (Å²) in [6.45, 7) is 0.198. The number of ether oxygens (including phenoxy) is 2. The van der Waals surface area contributed by atoms with E-state index >= 15 is 0 Å². The van der Waals surface area contributed by atoms with Crippen LogP contribution >= 0.6 is 11.6 Å². The molecule has 1 heterocycles. The second-order valence-corrected chi connectivity index (χ2v) is 7.06. The number of carbonyl (C=O) groups excluding carboxylic acids is 2. The maximum atomic E-state index is 12.4. The Morgan fingerprint density at radius 3 is 2.41 bits per heavy atom. The molecule has 0 bridgehead atoms. The van der Waals surface area contributed by atoms with Crippen LogP contribution in [-0.2, 0) is 11.3 Å². The zero-order valence-corrected chi connectivity index (χ0v) is 18.0. The average molecular weight is 456 g/mol. The second kappa shape index (κ2) is 11.1. The zero-order valence-electron chi connectivity index (χ0n) is 17.2. The van der Waals surface area contributed by atoms with Crippen molar-refractivity contribution in [1.82, 2.24) is 20.6 Å². The van der Waals surface area contributed by atoms with E-state index < -0.39 is 17.9 Å². The van der Waals surface area contributed by atoms with Gasteiger partial charge in [-0.3, -0.25) is 9.59 Å². The minimum Gasteiger partial charge on any atom is -0.497 e. The molecule has 0 saturated carbocycles. The highest BCUT2D eigenvalue weighted by Gasteiger charge is 2.20. The first-order chi connectivity index (χ1) is 15.5. The number of rotatable bonds is 9. The molecule has 4 N–H and O–H groups in total. The predicted molar refractivity (Wildman–Crippen MR) is 119 cm³/mol. The fourth-order valence-corrected chi connectivity index (χ4v) is 2.90. The van der Waals surface area contributed by atoms with E-state index in [0.717, 1.165) is 5.56 Å². The fraction of sp³-hybridized carbons (Fsp3) is 0.182. The summed E-state index contributed by atoms with van der Waals surface area (Å²) in [5.74, 6) is 0.846. The average Bonchev–Trinajstić information content (AvgIpc) is 2.83. The van der Waals surface area contributed by atoms with Gasteiger partial charge in [-0.15, -0.1) is 0 Å². The molecule has 0 aliphatic rings. The van der Waals surface area contributed by atoms with Gasteiger partial charge in [0.15, 0.2) is 0 Å². The van der Waals surface area contributed by atoms with E-state index in [-0.39, 0.29) is 18.7 Å². The lowest BCUT2D eigenvalue weighted by molar-refractivity contribution is -0.122. The summed E-state index contributed by atoms with van der Waals surface area (Å²) in [6.07, 6.45) is 4.03. The molecule has 0 spiro atoms.